The molecule has 0 saturated carbocycles. The summed E-state index contributed by atoms with van der Waals surface area (Å²) in [6, 6.07) is 7.69. The fraction of sp³-hybridized carbons (Fsp3) is 0.412. The Morgan fingerprint density at radius 2 is 1.95 bits per heavy atom. The summed E-state index contributed by atoms with van der Waals surface area (Å²) in [5.41, 5.74) is 2.10. The number of hydrogen-bond donors (Lipinski definition) is 0. The van der Waals surface area contributed by atoms with Crippen LogP contribution in [-0.4, -0.2) is 47.9 Å². The molecule has 116 valence electrons. The van der Waals surface area contributed by atoms with Crippen molar-refractivity contribution in [2.45, 2.75) is 19.4 Å². The lowest BCUT2D eigenvalue weighted by Gasteiger charge is -2.34. The molecular weight excluding hydrogens is 280 g/mol. The van der Waals surface area contributed by atoms with Crippen molar-refractivity contribution in [3.63, 3.8) is 0 Å². The molecule has 0 unspecified atom stereocenters. The Kier molecular flexibility index (Phi) is 4.24. The summed E-state index contributed by atoms with van der Waals surface area (Å²) in [5, 5.41) is 0. The third-order valence-electron chi connectivity index (χ3n) is 4.20. The molecule has 2 aliphatic rings. The zero-order valence-electron chi connectivity index (χ0n) is 12.7. The maximum Gasteiger partial charge on any atom is 0.225 e. The first-order valence-electron chi connectivity index (χ1n) is 7.58. The number of carbonyl (C=O) groups excluding carboxylic acids is 2. The molecule has 1 aromatic rings. The van der Waals surface area contributed by atoms with E-state index in [0.29, 0.717) is 32.7 Å². The predicted molar refractivity (Wildman–Crippen MR) is 82.8 cm³/mol. The van der Waals surface area contributed by atoms with Gasteiger partial charge in [-0.3, -0.25) is 9.59 Å². The minimum absolute atomic E-state index is 0.0504. The van der Waals surface area contributed by atoms with Crippen molar-refractivity contribution in [2.24, 2.45) is 0 Å². The van der Waals surface area contributed by atoms with Crippen molar-refractivity contribution in [3.05, 3.63) is 41.6 Å². The monoisotopic (exact) mass is 300 g/mol. The van der Waals surface area contributed by atoms with Crippen molar-refractivity contribution in [3.8, 4) is 0 Å². The number of carbonyl (C=O) groups is 2. The average Bonchev–Trinajstić information content (AvgIpc) is 2.55. The van der Waals surface area contributed by atoms with E-state index >= 15 is 0 Å². The van der Waals surface area contributed by atoms with E-state index in [1.54, 1.807) is 11.1 Å². The van der Waals surface area contributed by atoms with Gasteiger partial charge in [-0.2, -0.15) is 0 Å². The highest BCUT2D eigenvalue weighted by molar-refractivity contribution is 5.82. The van der Waals surface area contributed by atoms with Crippen LogP contribution in [0.1, 0.15) is 30.5 Å². The molecular formula is C17H20N2O3. The lowest BCUT2D eigenvalue weighted by molar-refractivity contribution is -0.137. The molecule has 1 saturated heterocycles. The normalized spacial score (nSPS) is 20.7. The molecule has 0 radical (unpaired) electrons. The number of fused-ring (bicyclic) bond motifs is 1. The van der Waals surface area contributed by atoms with Crippen LogP contribution in [0, 0.1) is 0 Å². The molecule has 22 heavy (non-hydrogen) atoms. The highest BCUT2D eigenvalue weighted by atomic mass is 16.5. The summed E-state index contributed by atoms with van der Waals surface area (Å²) in [5.74, 6) is 0.0233. The van der Waals surface area contributed by atoms with Crippen molar-refractivity contribution >= 4 is 17.9 Å². The van der Waals surface area contributed by atoms with Gasteiger partial charge < -0.3 is 14.5 Å². The second-order valence-electron chi connectivity index (χ2n) is 5.58. The van der Waals surface area contributed by atoms with Gasteiger partial charge in [0.15, 0.2) is 0 Å². The first-order valence-corrected chi connectivity index (χ1v) is 7.58. The van der Waals surface area contributed by atoms with E-state index in [4.69, 9.17) is 4.74 Å². The zero-order chi connectivity index (χ0) is 15.5. The minimum Gasteiger partial charge on any atom is -0.378 e. The van der Waals surface area contributed by atoms with E-state index < -0.39 is 0 Å². The Labute approximate surface area is 130 Å². The topological polar surface area (TPSA) is 49.9 Å². The van der Waals surface area contributed by atoms with Crippen LogP contribution in [0.25, 0.3) is 6.08 Å². The van der Waals surface area contributed by atoms with Crippen molar-refractivity contribution in [1.82, 2.24) is 9.80 Å². The smallest absolute Gasteiger partial charge is 0.225 e. The van der Waals surface area contributed by atoms with Gasteiger partial charge in [0, 0.05) is 26.2 Å². The number of ether oxygens (including phenoxy) is 1. The number of amides is 2. The van der Waals surface area contributed by atoms with Crippen molar-refractivity contribution in [2.75, 3.05) is 26.3 Å². The maximum atomic E-state index is 12.6. The van der Waals surface area contributed by atoms with E-state index in [0.717, 1.165) is 11.1 Å². The summed E-state index contributed by atoms with van der Waals surface area (Å²) in [7, 11) is 0. The standard InChI is InChI=1S/C17H20N2O3/c1-13(20)19-7-6-14-4-2-3-5-15(14)16(19)12-17(21)18-8-10-22-11-9-18/h2-7,16H,8-12H2,1H3/t16-/m1/s1. The summed E-state index contributed by atoms with van der Waals surface area (Å²) in [6.07, 6.45) is 4.01. The summed E-state index contributed by atoms with van der Waals surface area (Å²) in [6.45, 7) is 3.96. The molecule has 5 heteroatoms. The van der Waals surface area contributed by atoms with Crippen LogP contribution >= 0.6 is 0 Å². The second kappa shape index (κ2) is 6.32. The zero-order valence-corrected chi connectivity index (χ0v) is 12.7. The van der Waals surface area contributed by atoms with E-state index in [1.165, 1.54) is 6.92 Å². The van der Waals surface area contributed by atoms with Crippen molar-refractivity contribution < 1.29 is 14.3 Å². The van der Waals surface area contributed by atoms with Gasteiger partial charge in [0.25, 0.3) is 0 Å². The Morgan fingerprint density at radius 3 is 2.68 bits per heavy atom. The Hall–Kier alpha value is -2.14. The Bertz CT molecular complexity index is 606. The molecule has 2 amide bonds. The highest BCUT2D eigenvalue weighted by Crippen LogP contribution is 2.33. The van der Waals surface area contributed by atoms with Crippen LogP contribution in [0.2, 0.25) is 0 Å². The lowest BCUT2D eigenvalue weighted by atomic mass is 9.93. The molecule has 2 heterocycles. The third-order valence-corrected chi connectivity index (χ3v) is 4.20. The number of nitrogens with zero attached hydrogens (tertiary/aromatic N) is 2. The van der Waals surface area contributed by atoms with Gasteiger partial charge in [-0.25, -0.2) is 0 Å². The fourth-order valence-electron chi connectivity index (χ4n) is 3.02. The van der Waals surface area contributed by atoms with Gasteiger partial charge in [0.2, 0.25) is 11.8 Å². The quantitative estimate of drug-likeness (QED) is 0.837. The Morgan fingerprint density at radius 1 is 1.23 bits per heavy atom. The van der Waals surface area contributed by atoms with Gasteiger partial charge in [-0.05, 0) is 17.2 Å². The van der Waals surface area contributed by atoms with E-state index in [-0.39, 0.29) is 17.9 Å². The fourth-order valence-corrected chi connectivity index (χ4v) is 3.02. The number of rotatable bonds is 2. The van der Waals surface area contributed by atoms with Crippen LogP contribution in [0.5, 0.6) is 0 Å². The molecule has 0 bridgehead atoms. The SMILES string of the molecule is CC(=O)N1C=Cc2ccccc2[C@H]1CC(=O)N1CCOCC1. The van der Waals surface area contributed by atoms with Gasteiger partial charge in [0.1, 0.15) is 0 Å². The first kappa shape index (κ1) is 14.8. The summed E-state index contributed by atoms with van der Waals surface area (Å²) < 4.78 is 5.29. The van der Waals surface area contributed by atoms with E-state index in [2.05, 4.69) is 0 Å². The first-order chi connectivity index (χ1) is 10.7. The van der Waals surface area contributed by atoms with Crippen LogP contribution in [0.15, 0.2) is 30.5 Å². The molecule has 1 fully saturated rings. The maximum absolute atomic E-state index is 12.6. The molecule has 1 atom stereocenters. The van der Waals surface area contributed by atoms with Crippen LogP contribution in [0.3, 0.4) is 0 Å². The molecule has 0 spiro atoms. The van der Waals surface area contributed by atoms with Crippen LogP contribution < -0.4 is 0 Å². The largest absolute Gasteiger partial charge is 0.378 e. The number of benzene rings is 1. The summed E-state index contributed by atoms with van der Waals surface area (Å²) in [4.78, 5) is 27.9. The molecule has 3 rings (SSSR count). The number of morpholine rings is 1. The summed E-state index contributed by atoms with van der Waals surface area (Å²) >= 11 is 0. The Balaban J connectivity index is 1.83. The van der Waals surface area contributed by atoms with Crippen LogP contribution in [-0.2, 0) is 14.3 Å². The van der Waals surface area contributed by atoms with Gasteiger partial charge in [0.05, 0.1) is 25.7 Å². The molecule has 1 aromatic carbocycles. The van der Waals surface area contributed by atoms with Gasteiger partial charge >= 0.3 is 0 Å². The lowest BCUT2D eigenvalue weighted by Crippen LogP contribution is -2.43. The third kappa shape index (κ3) is 2.90. The molecule has 0 aliphatic carbocycles. The molecule has 0 N–H and O–H groups in total. The predicted octanol–water partition coefficient (Wildman–Crippen LogP) is 1.81. The second-order valence-corrected chi connectivity index (χ2v) is 5.58. The minimum atomic E-state index is -0.228. The molecule has 5 nitrogen and oxygen atoms in total. The van der Waals surface area contributed by atoms with E-state index in [9.17, 15) is 9.59 Å². The van der Waals surface area contributed by atoms with Gasteiger partial charge in [-0.1, -0.05) is 24.3 Å². The molecule has 2 aliphatic heterocycles. The average molecular weight is 300 g/mol. The highest BCUT2D eigenvalue weighted by Gasteiger charge is 2.30. The van der Waals surface area contributed by atoms with Gasteiger partial charge in [-0.15, -0.1) is 0 Å². The van der Waals surface area contributed by atoms with Crippen molar-refractivity contribution in [1.29, 1.82) is 0 Å². The van der Waals surface area contributed by atoms with E-state index in [1.807, 2.05) is 35.2 Å². The number of hydrogen-bond acceptors (Lipinski definition) is 3. The van der Waals surface area contributed by atoms with Crippen LogP contribution in [0.4, 0.5) is 0 Å². The molecule has 0 aromatic heterocycles.